The summed E-state index contributed by atoms with van der Waals surface area (Å²) in [5.74, 6) is 0.895. The molecule has 1 rings (SSSR count). The lowest BCUT2D eigenvalue weighted by Crippen LogP contribution is -2.19. The summed E-state index contributed by atoms with van der Waals surface area (Å²) in [6, 6.07) is 5.76. The zero-order chi connectivity index (χ0) is 13.9. The van der Waals surface area contributed by atoms with Crippen molar-refractivity contribution in [2.75, 3.05) is 26.3 Å². The number of nitrogens with one attached hydrogen (secondary N) is 1. The lowest BCUT2D eigenvalue weighted by atomic mass is 10.2. The van der Waals surface area contributed by atoms with E-state index in [1.807, 2.05) is 25.1 Å². The topological polar surface area (TPSA) is 41.5 Å². The van der Waals surface area contributed by atoms with Crippen LogP contribution in [0.4, 0.5) is 0 Å². The summed E-state index contributed by atoms with van der Waals surface area (Å²) in [6.07, 6.45) is 4.59. The van der Waals surface area contributed by atoms with Crippen LogP contribution in [-0.4, -0.2) is 31.4 Å². The number of aryl methyl sites for hydroxylation is 1. The highest BCUT2D eigenvalue weighted by Crippen LogP contribution is 2.21. The van der Waals surface area contributed by atoms with Gasteiger partial charge in [-0.3, -0.25) is 0 Å². The Morgan fingerprint density at radius 1 is 1.16 bits per heavy atom. The number of hydrogen-bond donors (Lipinski definition) is 2. The Hall–Kier alpha value is -0.770. The van der Waals surface area contributed by atoms with Crippen LogP contribution in [-0.2, 0) is 0 Å². The van der Waals surface area contributed by atoms with E-state index in [0.29, 0.717) is 6.54 Å². The minimum absolute atomic E-state index is 0.217. The average molecular weight is 286 g/mol. The molecule has 0 spiro atoms. The smallest absolute Gasteiger partial charge is 0.119 e. The van der Waals surface area contributed by atoms with Crippen molar-refractivity contribution in [3.63, 3.8) is 0 Å². The van der Waals surface area contributed by atoms with E-state index >= 15 is 0 Å². The van der Waals surface area contributed by atoms with Gasteiger partial charge in [0.05, 0.1) is 13.2 Å². The predicted octanol–water partition coefficient (Wildman–Crippen LogP) is 3.17. The van der Waals surface area contributed by atoms with Crippen LogP contribution in [0.3, 0.4) is 0 Å². The maximum Gasteiger partial charge on any atom is 0.119 e. The van der Waals surface area contributed by atoms with Gasteiger partial charge in [0.15, 0.2) is 0 Å². The second-order valence-electron chi connectivity index (χ2n) is 4.65. The van der Waals surface area contributed by atoms with Crippen LogP contribution in [0.15, 0.2) is 18.2 Å². The van der Waals surface area contributed by atoms with Crippen LogP contribution < -0.4 is 10.1 Å². The van der Waals surface area contributed by atoms with Crippen molar-refractivity contribution in [3.05, 3.63) is 28.8 Å². The van der Waals surface area contributed by atoms with Crippen molar-refractivity contribution in [1.82, 2.24) is 5.32 Å². The summed E-state index contributed by atoms with van der Waals surface area (Å²) < 4.78 is 5.68. The third-order valence-corrected chi connectivity index (χ3v) is 3.36. The van der Waals surface area contributed by atoms with Gasteiger partial charge in [-0.15, -0.1) is 0 Å². The molecule has 0 radical (unpaired) electrons. The number of aliphatic hydroxyl groups is 1. The highest BCUT2D eigenvalue weighted by Gasteiger charge is 1.98. The number of halogens is 1. The summed E-state index contributed by atoms with van der Waals surface area (Å²) >= 11 is 5.96. The van der Waals surface area contributed by atoms with Crippen LogP contribution >= 0.6 is 11.6 Å². The van der Waals surface area contributed by atoms with Crippen LogP contribution in [0.5, 0.6) is 5.75 Å². The van der Waals surface area contributed by atoms with Crippen LogP contribution in [0.2, 0.25) is 5.02 Å². The Labute approximate surface area is 120 Å². The molecule has 0 unspecified atom stereocenters. The van der Waals surface area contributed by atoms with Gasteiger partial charge in [-0.05, 0) is 50.1 Å². The second-order valence-corrected chi connectivity index (χ2v) is 5.05. The molecule has 0 bridgehead atoms. The molecule has 0 aliphatic rings. The molecular formula is C15H24ClNO2. The highest BCUT2D eigenvalue weighted by atomic mass is 35.5. The van der Waals surface area contributed by atoms with Crippen molar-refractivity contribution in [2.24, 2.45) is 0 Å². The zero-order valence-electron chi connectivity index (χ0n) is 11.6. The normalized spacial score (nSPS) is 10.7. The number of aliphatic hydroxyl groups excluding tert-OH is 1. The maximum atomic E-state index is 8.60. The molecule has 4 heteroatoms. The highest BCUT2D eigenvalue weighted by molar-refractivity contribution is 6.31. The first-order valence-electron chi connectivity index (χ1n) is 6.94. The van der Waals surface area contributed by atoms with Gasteiger partial charge >= 0.3 is 0 Å². The molecular weight excluding hydrogens is 262 g/mol. The molecule has 0 aromatic heterocycles. The second kappa shape index (κ2) is 10.1. The molecule has 2 N–H and O–H groups in total. The maximum absolute atomic E-state index is 8.60. The summed E-state index contributed by atoms with van der Waals surface area (Å²) in [5, 5.41) is 12.5. The van der Waals surface area contributed by atoms with Crippen molar-refractivity contribution in [2.45, 2.75) is 32.6 Å². The van der Waals surface area contributed by atoms with Crippen LogP contribution in [0, 0.1) is 6.92 Å². The monoisotopic (exact) mass is 285 g/mol. The van der Waals surface area contributed by atoms with Crippen LogP contribution in [0.25, 0.3) is 0 Å². The fourth-order valence-electron chi connectivity index (χ4n) is 1.81. The Morgan fingerprint density at radius 2 is 1.95 bits per heavy atom. The molecule has 0 aliphatic carbocycles. The van der Waals surface area contributed by atoms with E-state index in [4.69, 9.17) is 21.4 Å². The number of unbranched alkanes of at least 4 members (excludes halogenated alkanes) is 3. The number of rotatable bonds is 10. The van der Waals surface area contributed by atoms with Gasteiger partial charge in [0.1, 0.15) is 5.75 Å². The van der Waals surface area contributed by atoms with Gasteiger partial charge in [0, 0.05) is 11.6 Å². The van der Waals surface area contributed by atoms with Crippen molar-refractivity contribution < 1.29 is 9.84 Å². The van der Waals surface area contributed by atoms with Crippen molar-refractivity contribution in [1.29, 1.82) is 0 Å². The minimum Gasteiger partial charge on any atom is -0.494 e. The van der Waals surface area contributed by atoms with Gasteiger partial charge in [0.25, 0.3) is 0 Å². The molecule has 108 valence electrons. The first kappa shape index (κ1) is 16.3. The standard InChI is InChI=1S/C15H24ClNO2/c1-13-12-14(6-7-15(13)16)19-11-5-3-2-4-8-17-9-10-18/h6-7,12,17-18H,2-5,8-11H2,1H3. The molecule has 0 fully saturated rings. The van der Waals surface area contributed by atoms with E-state index in [1.165, 1.54) is 12.8 Å². The summed E-state index contributed by atoms with van der Waals surface area (Å²) in [4.78, 5) is 0. The summed E-state index contributed by atoms with van der Waals surface area (Å²) in [6.45, 7) is 4.63. The third kappa shape index (κ3) is 7.41. The SMILES string of the molecule is Cc1cc(OCCCCCCNCCO)ccc1Cl. The predicted molar refractivity (Wildman–Crippen MR) is 80.1 cm³/mol. The molecule has 1 aromatic rings. The molecule has 0 aliphatic heterocycles. The van der Waals surface area contributed by atoms with Gasteiger partial charge < -0.3 is 15.2 Å². The molecule has 0 saturated heterocycles. The molecule has 19 heavy (non-hydrogen) atoms. The van der Waals surface area contributed by atoms with Crippen LogP contribution in [0.1, 0.15) is 31.2 Å². The van der Waals surface area contributed by atoms with E-state index < -0.39 is 0 Å². The molecule has 0 heterocycles. The van der Waals surface area contributed by atoms with E-state index in [-0.39, 0.29) is 6.61 Å². The lowest BCUT2D eigenvalue weighted by molar-refractivity contribution is 0.290. The molecule has 0 atom stereocenters. The Kier molecular flexibility index (Phi) is 8.63. The largest absolute Gasteiger partial charge is 0.494 e. The lowest BCUT2D eigenvalue weighted by Gasteiger charge is -2.08. The Balaban J connectivity index is 2.00. The fourth-order valence-corrected chi connectivity index (χ4v) is 1.92. The van der Waals surface area contributed by atoms with Gasteiger partial charge in [0.2, 0.25) is 0 Å². The Morgan fingerprint density at radius 3 is 2.68 bits per heavy atom. The first-order valence-corrected chi connectivity index (χ1v) is 7.32. The third-order valence-electron chi connectivity index (χ3n) is 2.93. The van der Waals surface area contributed by atoms with E-state index in [1.54, 1.807) is 0 Å². The molecule has 3 nitrogen and oxygen atoms in total. The summed E-state index contributed by atoms with van der Waals surface area (Å²) in [5.41, 5.74) is 1.05. The van der Waals surface area contributed by atoms with E-state index in [0.717, 1.165) is 42.3 Å². The van der Waals surface area contributed by atoms with Gasteiger partial charge in [-0.2, -0.15) is 0 Å². The molecule has 0 amide bonds. The van der Waals surface area contributed by atoms with Gasteiger partial charge in [-0.1, -0.05) is 24.4 Å². The first-order chi connectivity index (χ1) is 9.24. The number of ether oxygens (including phenoxy) is 1. The number of benzene rings is 1. The van der Waals surface area contributed by atoms with Crippen molar-refractivity contribution in [3.8, 4) is 5.75 Å². The minimum atomic E-state index is 0.217. The Bertz CT molecular complexity index is 358. The van der Waals surface area contributed by atoms with Crippen molar-refractivity contribution >= 4 is 11.6 Å². The van der Waals surface area contributed by atoms with E-state index in [9.17, 15) is 0 Å². The molecule has 1 aromatic carbocycles. The molecule has 0 saturated carbocycles. The summed E-state index contributed by atoms with van der Waals surface area (Å²) in [7, 11) is 0. The van der Waals surface area contributed by atoms with E-state index in [2.05, 4.69) is 5.32 Å². The van der Waals surface area contributed by atoms with Gasteiger partial charge in [-0.25, -0.2) is 0 Å². The zero-order valence-corrected chi connectivity index (χ0v) is 12.4. The number of hydrogen-bond acceptors (Lipinski definition) is 3. The quantitative estimate of drug-likeness (QED) is 0.649. The fraction of sp³-hybridized carbons (Fsp3) is 0.600. The average Bonchev–Trinajstić information content (AvgIpc) is 2.41.